The molecule has 1 N–H and O–H groups in total. The molecular weight excluding hydrogens is 276 g/mol. The van der Waals surface area contributed by atoms with E-state index in [-0.39, 0.29) is 5.91 Å². The first-order valence-corrected chi connectivity index (χ1v) is 7.06. The number of methoxy groups -OCH3 is 1. The molecule has 0 heterocycles. The number of nitriles is 1. The van der Waals surface area contributed by atoms with Crippen molar-refractivity contribution in [1.82, 2.24) is 5.32 Å². The fraction of sp³-hybridized carbons (Fsp3) is 0.222. The number of benzene rings is 2. The van der Waals surface area contributed by atoms with Gasteiger partial charge in [-0.25, -0.2) is 0 Å². The Morgan fingerprint density at radius 3 is 2.82 bits per heavy atom. The van der Waals surface area contributed by atoms with Gasteiger partial charge in [-0.05, 0) is 43.2 Å². The number of amides is 1. The second-order valence-corrected chi connectivity index (χ2v) is 5.01. The number of carbonyl (C=O) groups is 1. The molecule has 2 rings (SSSR count). The number of aryl methyl sites for hydroxylation is 1. The maximum absolute atomic E-state index is 12.1. The molecule has 0 saturated carbocycles. The van der Waals surface area contributed by atoms with Crippen LogP contribution in [0.3, 0.4) is 0 Å². The summed E-state index contributed by atoms with van der Waals surface area (Å²) in [6.07, 6.45) is 0.689. The first kappa shape index (κ1) is 15.6. The average molecular weight is 294 g/mol. The number of ether oxygens (including phenoxy) is 1. The van der Waals surface area contributed by atoms with E-state index >= 15 is 0 Å². The number of nitrogens with one attached hydrogen (secondary N) is 1. The van der Waals surface area contributed by atoms with Crippen molar-refractivity contribution in [2.45, 2.75) is 13.3 Å². The van der Waals surface area contributed by atoms with Gasteiger partial charge in [-0.15, -0.1) is 0 Å². The number of nitrogens with zero attached hydrogens (tertiary/aromatic N) is 1. The monoisotopic (exact) mass is 294 g/mol. The van der Waals surface area contributed by atoms with Crippen molar-refractivity contribution in [1.29, 1.82) is 5.26 Å². The quantitative estimate of drug-likeness (QED) is 0.922. The second kappa shape index (κ2) is 7.28. The van der Waals surface area contributed by atoms with Crippen molar-refractivity contribution in [3.05, 3.63) is 64.7 Å². The highest BCUT2D eigenvalue weighted by atomic mass is 16.5. The van der Waals surface area contributed by atoms with Crippen LogP contribution in [-0.2, 0) is 6.42 Å². The largest absolute Gasteiger partial charge is 0.496 e. The summed E-state index contributed by atoms with van der Waals surface area (Å²) in [6, 6.07) is 14.7. The van der Waals surface area contributed by atoms with Gasteiger partial charge in [0.1, 0.15) is 5.75 Å². The van der Waals surface area contributed by atoms with Gasteiger partial charge in [0.15, 0.2) is 0 Å². The molecule has 0 spiro atoms. The molecule has 1 amide bonds. The molecule has 2 aromatic carbocycles. The van der Waals surface area contributed by atoms with Crippen LogP contribution in [0.15, 0.2) is 42.5 Å². The minimum atomic E-state index is -0.177. The standard InChI is InChI=1S/C18H18N2O2/c1-13-6-7-17(22-2)15(10-13)8-9-20-18(21)16-5-3-4-14(11-16)12-19/h3-7,10-11H,8-9H2,1-2H3,(H,20,21). The van der Waals surface area contributed by atoms with Crippen LogP contribution < -0.4 is 10.1 Å². The summed E-state index contributed by atoms with van der Waals surface area (Å²) >= 11 is 0. The van der Waals surface area contributed by atoms with Crippen LogP contribution in [-0.4, -0.2) is 19.6 Å². The molecule has 0 fully saturated rings. The number of hydrogen-bond donors (Lipinski definition) is 1. The molecule has 0 unspecified atom stereocenters. The van der Waals surface area contributed by atoms with E-state index in [1.54, 1.807) is 31.4 Å². The summed E-state index contributed by atoms with van der Waals surface area (Å²) in [4.78, 5) is 12.1. The van der Waals surface area contributed by atoms with Gasteiger partial charge in [-0.2, -0.15) is 5.26 Å². The summed E-state index contributed by atoms with van der Waals surface area (Å²) in [5, 5.41) is 11.7. The van der Waals surface area contributed by atoms with E-state index in [1.807, 2.05) is 25.1 Å². The predicted molar refractivity (Wildman–Crippen MR) is 84.9 cm³/mol. The first-order chi connectivity index (χ1) is 10.6. The summed E-state index contributed by atoms with van der Waals surface area (Å²) in [7, 11) is 1.64. The molecule has 0 saturated heterocycles. The molecular formula is C18H18N2O2. The summed E-state index contributed by atoms with van der Waals surface area (Å²) in [6.45, 7) is 2.53. The van der Waals surface area contributed by atoms with Crippen LogP contribution in [0.1, 0.15) is 27.0 Å². The Balaban J connectivity index is 1.97. The van der Waals surface area contributed by atoms with Crippen molar-refractivity contribution in [2.75, 3.05) is 13.7 Å². The van der Waals surface area contributed by atoms with Gasteiger partial charge in [-0.3, -0.25) is 4.79 Å². The molecule has 0 radical (unpaired) electrons. The maximum Gasteiger partial charge on any atom is 0.251 e. The fourth-order valence-corrected chi connectivity index (χ4v) is 2.25. The lowest BCUT2D eigenvalue weighted by molar-refractivity contribution is 0.0954. The van der Waals surface area contributed by atoms with Crippen LogP contribution in [0.25, 0.3) is 0 Å². The molecule has 0 aromatic heterocycles. The van der Waals surface area contributed by atoms with Gasteiger partial charge in [0.25, 0.3) is 5.91 Å². The summed E-state index contributed by atoms with van der Waals surface area (Å²) < 4.78 is 5.32. The highest BCUT2D eigenvalue weighted by Gasteiger charge is 2.07. The average Bonchev–Trinajstić information content (AvgIpc) is 2.55. The molecule has 0 aliphatic rings. The molecule has 4 heteroatoms. The molecule has 2 aromatic rings. The number of carbonyl (C=O) groups excluding carboxylic acids is 1. The number of rotatable bonds is 5. The van der Waals surface area contributed by atoms with Gasteiger partial charge in [-0.1, -0.05) is 23.8 Å². The third kappa shape index (κ3) is 3.86. The maximum atomic E-state index is 12.1. The van der Waals surface area contributed by atoms with E-state index in [1.165, 1.54) is 0 Å². The molecule has 0 bridgehead atoms. The van der Waals surface area contributed by atoms with E-state index in [9.17, 15) is 4.79 Å². The van der Waals surface area contributed by atoms with E-state index in [4.69, 9.17) is 10.00 Å². The second-order valence-electron chi connectivity index (χ2n) is 5.01. The number of hydrogen-bond acceptors (Lipinski definition) is 3. The van der Waals surface area contributed by atoms with E-state index in [0.717, 1.165) is 16.9 Å². The molecule has 0 atom stereocenters. The van der Waals surface area contributed by atoms with Crippen molar-refractivity contribution in [3.63, 3.8) is 0 Å². The van der Waals surface area contributed by atoms with Crippen LogP contribution in [0.4, 0.5) is 0 Å². The topological polar surface area (TPSA) is 62.1 Å². The Kier molecular flexibility index (Phi) is 5.16. The Morgan fingerprint density at radius 2 is 2.09 bits per heavy atom. The van der Waals surface area contributed by atoms with Crippen molar-refractivity contribution in [2.24, 2.45) is 0 Å². The van der Waals surface area contributed by atoms with Crippen molar-refractivity contribution in [3.8, 4) is 11.8 Å². The van der Waals surface area contributed by atoms with Crippen LogP contribution in [0, 0.1) is 18.3 Å². The van der Waals surface area contributed by atoms with E-state index < -0.39 is 0 Å². The van der Waals surface area contributed by atoms with Gasteiger partial charge >= 0.3 is 0 Å². The lowest BCUT2D eigenvalue weighted by Crippen LogP contribution is -2.25. The van der Waals surface area contributed by atoms with Crippen molar-refractivity contribution < 1.29 is 9.53 Å². The molecule has 4 nitrogen and oxygen atoms in total. The normalized spacial score (nSPS) is 9.86. The summed E-state index contributed by atoms with van der Waals surface area (Å²) in [5.74, 6) is 0.648. The molecule has 0 aliphatic heterocycles. The Hall–Kier alpha value is -2.80. The van der Waals surface area contributed by atoms with Gasteiger partial charge in [0, 0.05) is 12.1 Å². The third-order valence-corrected chi connectivity index (χ3v) is 3.37. The van der Waals surface area contributed by atoms with Gasteiger partial charge < -0.3 is 10.1 Å². The highest BCUT2D eigenvalue weighted by molar-refractivity contribution is 5.94. The van der Waals surface area contributed by atoms with Gasteiger partial charge in [0.2, 0.25) is 0 Å². The zero-order chi connectivity index (χ0) is 15.9. The van der Waals surface area contributed by atoms with Crippen LogP contribution in [0.5, 0.6) is 5.75 Å². The predicted octanol–water partition coefficient (Wildman–Crippen LogP) is 2.85. The minimum absolute atomic E-state index is 0.177. The fourth-order valence-electron chi connectivity index (χ4n) is 2.25. The highest BCUT2D eigenvalue weighted by Crippen LogP contribution is 2.19. The summed E-state index contributed by atoms with van der Waals surface area (Å²) in [5.41, 5.74) is 3.20. The zero-order valence-corrected chi connectivity index (χ0v) is 12.7. The smallest absolute Gasteiger partial charge is 0.251 e. The SMILES string of the molecule is COc1ccc(C)cc1CCNC(=O)c1cccc(C#N)c1. The lowest BCUT2D eigenvalue weighted by atomic mass is 10.1. The Bertz CT molecular complexity index is 717. The Labute approximate surface area is 130 Å². The molecule has 22 heavy (non-hydrogen) atoms. The van der Waals surface area contributed by atoms with Crippen LogP contribution in [0.2, 0.25) is 0 Å². The van der Waals surface area contributed by atoms with Crippen LogP contribution >= 0.6 is 0 Å². The zero-order valence-electron chi connectivity index (χ0n) is 12.7. The van der Waals surface area contributed by atoms with Crippen molar-refractivity contribution >= 4 is 5.91 Å². The van der Waals surface area contributed by atoms with Gasteiger partial charge in [0.05, 0.1) is 18.7 Å². The lowest BCUT2D eigenvalue weighted by Gasteiger charge is -2.10. The Morgan fingerprint density at radius 1 is 1.27 bits per heavy atom. The third-order valence-electron chi connectivity index (χ3n) is 3.37. The molecule has 0 aliphatic carbocycles. The molecule has 112 valence electrons. The first-order valence-electron chi connectivity index (χ1n) is 7.06. The minimum Gasteiger partial charge on any atom is -0.496 e. The van der Waals surface area contributed by atoms with E-state index in [0.29, 0.717) is 24.1 Å². The van der Waals surface area contributed by atoms with E-state index in [2.05, 4.69) is 11.4 Å².